The van der Waals surface area contributed by atoms with Gasteiger partial charge in [-0.2, -0.15) is 0 Å². The molecule has 1 aliphatic heterocycles. The molecule has 2 unspecified atom stereocenters. The second-order valence-electron chi connectivity index (χ2n) is 3.83. The highest BCUT2D eigenvalue weighted by molar-refractivity contribution is 5.98. The topological polar surface area (TPSA) is 78.8 Å². The molecule has 2 N–H and O–H groups in total. The summed E-state index contributed by atoms with van der Waals surface area (Å²) in [7, 11) is 0. The van der Waals surface area contributed by atoms with E-state index in [1.54, 1.807) is 24.3 Å². The van der Waals surface area contributed by atoms with Crippen LogP contribution in [0, 0.1) is 5.92 Å². The molecule has 1 heterocycles. The van der Waals surface area contributed by atoms with E-state index >= 15 is 0 Å². The summed E-state index contributed by atoms with van der Waals surface area (Å²) in [6.07, 6.45) is 0.395. The molecule has 1 aliphatic rings. The van der Waals surface area contributed by atoms with Gasteiger partial charge in [-0.05, 0) is 0 Å². The summed E-state index contributed by atoms with van der Waals surface area (Å²) in [5, 5.41) is 11.8. The number of carbonyl (C=O) groups is 2. The standard InChI is InChI=1S/C12H12N2O3/c15-10(8-4-2-1-3-5-8)6-9-7-13-12(17)14-11(9)16/h1-5,7,9,11,16H,6H2,(H,14,17). The largest absolute Gasteiger partial charge is 0.373 e. The number of ketones is 1. The average Bonchev–Trinajstić information content (AvgIpc) is 2.34. The number of nitrogens with one attached hydrogen (secondary N) is 1. The molecule has 0 spiro atoms. The Kier molecular flexibility index (Phi) is 3.30. The molecule has 0 aromatic heterocycles. The lowest BCUT2D eigenvalue weighted by Crippen LogP contribution is -2.43. The van der Waals surface area contributed by atoms with E-state index < -0.39 is 18.2 Å². The lowest BCUT2D eigenvalue weighted by Gasteiger charge is -2.22. The smallest absolute Gasteiger partial charge is 0.342 e. The first-order chi connectivity index (χ1) is 8.16. The number of hydrogen-bond donors (Lipinski definition) is 2. The normalized spacial score (nSPS) is 23.2. The minimum atomic E-state index is -1.05. The lowest BCUT2D eigenvalue weighted by molar-refractivity contribution is 0.0830. The van der Waals surface area contributed by atoms with Gasteiger partial charge in [0.05, 0.1) is 0 Å². The molecule has 0 fully saturated rings. The maximum absolute atomic E-state index is 11.9. The van der Waals surface area contributed by atoms with Crippen LogP contribution in [0.4, 0.5) is 4.79 Å². The number of urea groups is 1. The van der Waals surface area contributed by atoms with Crippen molar-refractivity contribution in [2.24, 2.45) is 10.9 Å². The Balaban J connectivity index is 2.05. The molecule has 17 heavy (non-hydrogen) atoms. The van der Waals surface area contributed by atoms with Gasteiger partial charge in [0.25, 0.3) is 0 Å². The van der Waals surface area contributed by atoms with Gasteiger partial charge in [0.2, 0.25) is 0 Å². The van der Waals surface area contributed by atoms with Gasteiger partial charge in [-0.15, -0.1) is 0 Å². The molecule has 2 amide bonds. The highest BCUT2D eigenvalue weighted by Gasteiger charge is 2.25. The van der Waals surface area contributed by atoms with Crippen molar-refractivity contribution < 1.29 is 14.7 Å². The third-order valence-electron chi connectivity index (χ3n) is 2.58. The number of nitrogens with zero attached hydrogens (tertiary/aromatic N) is 1. The van der Waals surface area contributed by atoms with Crippen molar-refractivity contribution in [3.8, 4) is 0 Å². The van der Waals surface area contributed by atoms with Crippen LogP contribution in [-0.2, 0) is 0 Å². The first-order valence-corrected chi connectivity index (χ1v) is 5.28. The molecule has 88 valence electrons. The second kappa shape index (κ2) is 4.88. The van der Waals surface area contributed by atoms with Crippen LogP contribution in [-0.4, -0.2) is 29.4 Å². The van der Waals surface area contributed by atoms with Crippen molar-refractivity contribution in [3.05, 3.63) is 35.9 Å². The van der Waals surface area contributed by atoms with Gasteiger partial charge in [0, 0.05) is 24.1 Å². The fourth-order valence-corrected chi connectivity index (χ4v) is 1.64. The van der Waals surface area contributed by atoms with Crippen molar-refractivity contribution in [1.29, 1.82) is 0 Å². The van der Waals surface area contributed by atoms with Gasteiger partial charge in [0.1, 0.15) is 6.23 Å². The molecule has 1 aromatic carbocycles. The zero-order chi connectivity index (χ0) is 12.3. The third kappa shape index (κ3) is 2.76. The van der Waals surface area contributed by atoms with Gasteiger partial charge in [-0.25, -0.2) is 9.79 Å². The predicted molar refractivity (Wildman–Crippen MR) is 61.9 cm³/mol. The molecule has 0 aliphatic carbocycles. The Morgan fingerprint density at radius 2 is 2.06 bits per heavy atom. The molecule has 2 rings (SSSR count). The van der Waals surface area contributed by atoms with E-state index in [4.69, 9.17) is 0 Å². The van der Waals surface area contributed by atoms with E-state index in [2.05, 4.69) is 10.3 Å². The minimum absolute atomic E-state index is 0.0859. The number of aliphatic imine (C=N–C) groups is 1. The van der Waals surface area contributed by atoms with Crippen molar-refractivity contribution in [2.75, 3.05) is 0 Å². The van der Waals surface area contributed by atoms with Crippen molar-refractivity contribution in [3.63, 3.8) is 0 Å². The maximum Gasteiger partial charge on any atom is 0.342 e. The van der Waals surface area contributed by atoms with Crippen LogP contribution in [0.25, 0.3) is 0 Å². The van der Waals surface area contributed by atoms with E-state index in [-0.39, 0.29) is 12.2 Å². The van der Waals surface area contributed by atoms with Gasteiger partial charge in [-0.1, -0.05) is 30.3 Å². The lowest BCUT2D eigenvalue weighted by atomic mass is 9.97. The van der Waals surface area contributed by atoms with Gasteiger partial charge in [-0.3, -0.25) is 4.79 Å². The molecule has 0 saturated heterocycles. The molecule has 0 saturated carbocycles. The summed E-state index contributed by atoms with van der Waals surface area (Å²) in [6.45, 7) is 0. The number of aliphatic hydroxyl groups excluding tert-OH is 1. The van der Waals surface area contributed by atoms with Gasteiger partial charge in [0.15, 0.2) is 5.78 Å². The van der Waals surface area contributed by atoms with E-state index in [0.29, 0.717) is 5.56 Å². The van der Waals surface area contributed by atoms with Crippen LogP contribution in [0.15, 0.2) is 35.3 Å². The Morgan fingerprint density at radius 1 is 1.35 bits per heavy atom. The fraction of sp³-hybridized carbons (Fsp3) is 0.250. The summed E-state index contributed by atoms with van der Waals surface area (Å²) in [5.74, 6) is -0.558. The van der Waals surface area contributed by atoms with E-state index in [1.165, 1.54) is 6.21 Å². The van der Waals surface area contributed by atoms with Crippen LogP contribution in [0.5, 0.6) is 0 Å². The second-order valence-corrected chi connectivity index (χ2v) is 3.83. The fourth-order valence-electron chi connectivity index (χ4n) is 1.64. The number of carbonyl (C=O) groups excluding carboxylic acids is 2. The summed E-state index contributed by atoms with van der Waals surface area (Å²) in [6, 6.07) is 8.23. The summed E-state index contributed by atoms with van der Waals surface area (Å²) < 4.78 is 0. The van der Waals surface area contributed by atoms with E-state index in [1.807, 2.05) is 6.07 Å². The summed E-state index contributed by atoms with van der Waals surface area (Å²) >= 11 is 0. The SMILES string of the molecule is O=C1N=CC(CC(=O)c2ccccc2)C(O)N1. The third-order valence-corrected chi connectivity index (χ3v) is 2.58. The Hall–Kier alpha value is -2.01. The molecule has 2 atom stereocenters. The molecule has 5 heteroatoms. The van der Waals surface area contributed by atoms with Crippen LogP contribution in [0.3, 0.4) is 0 Å². The first kappa shape index (κ1) is 11.5. The highest BCUT2D eigenvalue weighted by Crippen LogP contribution is 2.13. The molecular formula is C12H12N2O3. The Labute approximate surface area is 98.2 Å². The minimum Gasteiger partial charge on any atom is -0.373 e. The predicted octanol–water partition coefficient (Wildman–Crippen LogP) is 0.988. The molecule has 5 nitrogen and oxygen atoms in total. The van der Waals surface area contributed by atoms with Crippen LogP contribution in [0.2, 0.25) is 0 Å². The van der Waals surface area contributed by atoms with Crippen LogP contribution in [0.1, 0.15) is 16.8 Å². The van der Waals surface area contributed by atoms with Gasteiger partial charge < -0.3 is 10.4 Å². The maximum atomic E-state index is 11.9. The van der Waals surface area contributed by atoms with E-state index in [9.17, 15) is 14.7 Å². The molecule has 0 radical (unpaired) electrons. The zero-order valence-corrected chi connectivity index (χ0v) is 9.04. The summed E-state index contributed by atoms with van der Waals surface area (Å²) in [5.41, 5.74) is 0.588. The molecular weight excluding hydrogens is 220 g/mol. The zero-order valence-electron chi connectivity index (χ0n) is 9.04. The highest BCUT2D eigenvalue weighted by atomic mass is 16.3. The van der Waals surface area contributed by atoms with Gasteiger partial charge >= 0.3 is 6.03 Å². The Morgan fingerprint density at radius 3 is 2.71 bits per heavy atom. The number of aliphatic hydroxyl groups is 1. The Bertz CT molecular complexity index is 456. The molecule has 0 bridgehead atoms. The van der Waals surface area contributed by atoms with Crippen LogP contribution < -0.4 is 5.32 Å². The molecule has 1 aromatic rings. The van der Waals surface area contributed by atoms with Crippen molar-refractivity contribution in [1.82, 2.24) is 5.32 Å². The quantitative estimate of drug-likeness (QED) is 0.763. The van der Waals surface area contributed by atoms with Crippen molar-refractivity contribution >= 4 is 18.0 Å². The number of Topliss-reactive ketones (excluding diaryl/α,β-unsaturated/α-hetero) is 1. The number of benzene rings is 1. The first-order valence-electron chi connectivity index (χ1n) is 5.28. The van der Waals surface area contributed by atoms with Crippen molar-refractivity contribution in [2.45, 2.75) is 12.6 Å². The van der Waals surface area contributed by atoms with E-state index in [0.717, 1.165) is 0 Å². The number of hydrogen-bond acceptors (Lipinski definition) is 3. The number of rotatable bonds is 3. The monoisotopic (exact) mass is 232 g/mol. The average molecular weight is 232 g/mol. The van der Waals surface area contributed by atoms with Crippen LogP contribution >= 0.6 is 0 Å². The summed E-state index contributed by atoms with van der Waals surface area (Å²) in [4.78, 5) is 26.2. The number of amides is 2.